The summed E-state index contributed by atoms with van der Waals surface area (Å²) in [6.07, 6.45) is 0. The predicted octanol–water partition coefficient (Wildman–Crippen LogP) is 3.93. The van der Waals surface area contributed by atoms with Crippen LogP contribution in [0.2, 0.25) is 0 Å². The minimum atomic E-state index is 0.564. The highest BCUT2D eigenvalue weighted by molar-refractivity contribution is 9.10. The van der Waals surface area contributed by atoms with Crippen molar-refractivity contribution in [2.24, 2.45) is 0 Å². The van der Waals surface area contributed by atoms with Gasteiger partial charge in [-0.1, -0.05) is 37.0 Å². The first-order valence-electron chi connectivity index (χ1n) is 5.79. The molecule has 0 fully saturated rings. The molecule has 0 bridgehead atoms. The smallest absolute Gasteiger partial charge is 0.252 e. The van der Waals surface area contributed by atoms with Gasteiger partial charge in [0.25, 0.3) is 5.95 Å². The highest BCUT2D eigenvalue weighted by Gasteiger charge is 2.08. The summed E-state index contributed by atoms with van der Waals surface area (Å²) in [5, 5.41) is 14.9. The van der Waals surface area contributed by atoms with Gasteiger partial charge in [0, 0.05) is 14.6 Å². The predicted molar refractivity (Wildman–Crippen MR) is 84.3 cm³/mol. The normalized spacial score (nSPS) is 10.5. The van der Waals surface area contributed by atoms with Crippen LogP contribution in [0.3, 0.4) is 0 Å². The van der Waals surface area contributed by atoms with E-state index in [-0.39, 0.29) is 0 Å². The van der Waals surface area contributed by atoms with Crippen molar-refractivity contribution in [2.45, 2.75) is 0 Å². The summed E-state index contributed by atoms with van der Waals surface area (Å²) in [6, 6.07) is 15.6. The molecule has 0 atom stereocenters. The Bertz CT molecular complexity index is 706. The van der Waals surface area contributed by atoms with Crippen LogP contribution in [0.25, 0.3) is 5.69 Å². The van der Waals surface area contributed by atoms with Crippen LogP contribution in [0.15, 0.2) is 57.5 Å². The Kier molecular flexibility index (Phi) is 3.79. The summed E-state index contributed by atoms with van der Waals surface area (Å²) in [7, 11) is 0. The summed E-state index contributed by atoms with van der Waals surface area (Å²) in [5.41, 5.74) is 1.80. The largest absolute Gasteiger partial charge is 0.323 e. The minimum Gasteiger partial charge on any atom is -0.323 e. The van der Waals surface area contributed by atoms with Gasteiger partial charge in [-0.25, -0.2) is 0 Å². The standard InChI is InChI=1S/C13H9Br2N5/c14-9-1-5-11(6-2-9)16-13-17-18-19-20(13)12-7-3-10(15)4-8-12/h1-8H,(H,16,17,19). The second kappa shape index (κ2) is 5.72. The molecule has 20 heavy (non-hydrogen) atoms. The zero-order chi connectivity index (χ0) is 13.9. The van der Waals surface area contributed by atoms with E-state index in [4.69, 9.17) is 0 Å². The molecule has 3 rings (SSSR count). The Morgan fingerprint density at radius 3 is 2.10 bits per heavy atom. The molecule has 0 aliphatic heterocycles. The maximum absolute atomic E-state index is 4.00. The fourth-order valence-electron chi connectivity index (χ4n) is 1.68. The Balaban J connectivity index is 1.90. The molecule has 3 aromatic rings. The molecule has 2 aromatic carbocycles. The van der Waals surface area contributed by atoms with Gasteiger partial charge in [0.2, 0.25) is 0 Å². The molecule has 5 nitrogen and oxygen atoms in total. The third-order valence-corrected chi connectivity index (χ3v) is 3.70. The van der Waals surface area contributed by atoms with E-state index in [9.17, 15) is 0 Å². The molecule has 1 N–H and O–H groups in total. The van der Waals surface area contributed by atoms with Crippen LogP contribution in [-0.2, 0) is 0 Å². The number of nitrogens with one attached hydrogen (secondary N) is 1. The molecule has 7 heteroatoms. The van der Waals surface area contributed by atoms with Gasteiger partial charge in [-0.3, -0.25) is 0 Å². The molecule has 0 saturated heterocycles. The molecular formula is C13H9Br2N5. The monoisotopic (exact) mass is 393 g/mol. The zero-order valence-corrected chi connectivity index (χ0v) is 13.3. The lowest BCUT2D eigenvalue weighted by Crippen LogP contribution is -2.03. The fraction of sp³-hybridized carbons (Fsp3) is 0. The van der Waals surface area contributed by atoms with Crippen molar-refractivity contribution in [2.75, 3.05) is 5.32 Å². The average molecular weight is 395 g/mol. The van der Waals surface area contributed by atoms with Crippen molar-refractivity contribution in [3.05, 3.63) is 57.5 Å². The number of aromatic nitrogens is 4. The van der Waals surface area contributed by atoms with Gasteiger partial charge in [0.15, 0.2) is 0 Å². The van der Waals surface area contributed by atoms with E-state index >= 15 is 0 Å². The van der Waals surface area contributed by atoms with Gasteiger partial charge >= 0.3 is 0 Å². The summed E-state index contributed by atoms with van der Waals surface area (Å²) in [4.78, 5) is 0. The maximum Gasteiger partial charge on any atom is 0.252 e. The zero-order valence-electron chi connectivity index (χ0n) is 10.2. The SMILES string of the molecule is Brc1ccc(Nc2nnnn2-c2ccc(Br)cc2)cc1. The van der Waals surface area contributed by atoms with Crippen LogP contribution in [-0.4, -0.2) is 20.2 Å². The quantitative estimate of drug-likeness (QED) is 0.731. The molecule has 0 aliphatic carbocycles. The third-order valence-electron chi connectivity index (χ3n) is 2.64. The van der Waals surface area contributed by atoms with Gasteiger partial charge in [0.05, 0.1) is 5.69 Å². The van der Waals surface area contributed by atoms with Crippen LogP contribution < -0.4 is 5.32 Å². The summed E-state index contributed by atoms with van der Waals surface area (Å²) in [6.45, 7) is 0. The highest BCUT2D eigenvalue weighted by Crippen LogP contribution is 2.20. The topological polar surface area (TPSA) is 55.6 Å². The highest BCUT2D eigenvalue weighted by atomic mass is 79.9. The van der Waals surface area contributed by atoms with Crippen molar-refractivity contribution < 1.29 is 0 Å². The minimum absolute atomic E-state index is 0.564. The van der Waals surface area contributed by atoms with Crippen molar-refractivity contribution >= 4 is 43.5 Å². The Labute approximate surface area is 132 Å². The number of halogens is 2. The third kappa shape index (κ3) is 2.88. The molecule has 0 radical (unpaired) electrons. The summed E-state index contributed by atoms with van der Waals surface area (Å²) >= 11 is 6.81. The second-order valence-electron chi connectivity index (χ2n) is 4.02. The number of benzene rings is 2. The molecule has 0 amide bonds. The number of anilines is 2. The molecular weight excluding hydrogens is 386 g/mol. The van der Waals surface area contributed by atoms with Crippen molar-refractivity contribution in [3.63, 3.8) is 0 Å². The van der Waals surface area contributed by atoms with Gasteiger partial charge in [0.1, 0.15) is 0 Å². The van der Waals surface area contributed by atoms with E-state index in [2.05, 4.69) is 52.7 Å². The van der Waals surface area contributed by atoms with E-state index in [0.29, 0.717) is 5.95 Å². The molecule has 0 unspecified atom stereocenters. The Morgan fingerprint density at radius 2 is 1.45 bits per heavy atom. The van der Waals surface area contributed by atoms with Crippen LogP contribution in [0.4, 0.5) is 11.6 Å². The first kappa shape index (κ1) is 13.3. The fourth-order valence-corrected chi connectivity index (χ4v) is 2.21. The maximum atomic E-state index is 4.00. The van der Waals surface area contributed by atoms with E-state index in [1.54, 1.807) is 4.68 Å². The van der Waals surface area contributed by atoms with Gasteiger partial charge in [-0.2, -0.15) is 4.68 Å². The Morgan fingerprint density at radius 1 is 0.850 bits per heavy atom. The lowest BCUT2D eigenvalue weighted by atomic mass is 10.3. The first-order valence-corrected chi connectivity index (χ1v) is 7.38. The Hall–Kier alpha value is -1.73. The van der Waals surface area contributed by atoms with Gasteiger partial charge in [-0.15, -0.1) is 0 Å². The number of nitrogens with zero attached hydrogens (tertiary/aromatic N) is 4. The van der Waals surface area contributed by atoms with E-state index in [1.165, 1.54) is 0 Å². The number of hydrogen-bond acceptors (Lipinski definition) is 4. The van der Waals surface area contributed by atoms with Crippen molar-refractivity contribution in [1.82, 2.24) is 20.2 Å². The summed E-state index contributed by atoms with van der Waals surface area (Å²) < 4.78 is 3.68. The van der Waals surface area contributed by atoms with Gasteiger partial charge in [-0.05, 0) is 59.0 Å². The number of hydrogen-bond donors (Lipinski definition) is 1. The lowest BCUT2D eigenvalue weighted by molar-refractivity contribution is 0.791. The van der Waals surface area contributed by atoms with Crippen molar-refractivity contribution in [1.29, 1.82) is 0 Å². The number of rotatable bonds is 3. The van der Waals surface area contributed by atoms with E-state index in [0.717, 1.165) is 20.3 Å². The average Bonchev–Trinajstić information content (AvgIpc) is 2.90. The number of tetrazole rings is 1. The van der Waals surface area contributed by atoms with Crippen LogP contribution in [0.5, 0.6) is 0 Å². The van der Waals surface area contributed by atoms with Crippen LogP contribution in [0.1, 0.15) is 0 Å². The van der Waals surface area contributed by atoms with Crippen LogP contribution in [0, 0.1) is 0 Å². The first-order chi connectivity index (χ1) is 9.72. The second-order valence-corrected chi connectivity index (χ2v) is 5.85. The molecule has 0 aliphatic rings. The molecule has 100 valence electrons. The molecule has 1 aromatic heterocycles. The van der Waals surface area contributed by atoms with Crippen LogP contribution >= 0.6 is 31.9 Å². The lowest BCUT2D eigenvalue weighted by Gasteiger charge is -2.07. The van der Waals surface area contributed by atoms with E-state index < -0.39 is 0 Å². The van der Waals surface area contributed by atoms with Crippen molar-refractivity contribution in [3.8, 4) is 5.69 Å². The van der Waals surface area contributed by atoms with E-state index in [1.807, 2.05) is 48.5 Å². The molecule has 1 heterocycles. The van der Waals surface area contributed by atoms with Gasteiger partial charge < -0.3 is 5.32 Å². The molecule has 0 saturated carbocycles. The summed E-state index contributed by atoms with van der Waals surface area (Å²) in [5.74, 6) is 0.564. The molecule has 0 spiro atoms.